The molecule has 0 unspecified atom stereocenters. The number of rotatable bonds is 5. The van der Waals surface area contributed by atoms with Gasteiger partial charge in [0.15, 0.2) is 17.5 Å². The van der Waals surface area contributed by atoms with E-state index in [9.17, 15) is 14.4 Å². The molecule has 0 bridgehead atoms. The maximum atomic E-state index is 12.0. The smallest absolute Gasteiger partial charge is 0.329 e. The van der Waals surface area contributed by atoms with Crippen LogP contribution in [0.5, 0.6) is 5.75 Å². The van der Waals surface area contributed by atoms with E-state index < -0.39 is 23.5 Å². The second kappa shape index (κ2) is 6.85. The van der Waals surface area contributed by atoms with E-state index in [4.69, 9.17) is 9.47 Å². The highest BCUT2D eigenvalue weighted by molar-refractivity contribution is 6.25. The molecule has 0 spiro atoms. The SMILES string of the molecule is CCOc1cccc(/C=C\C(=O)[C@H]2C(=O)C=C(C)OC2=O)c1. The molecule has 1 aliphatic heterocycles. The van der Waals surface area contributed by atoms with Crippen LogP contribution in [0.1, 0.15) is 19.4 Å². The van der Waals surface area contributed by atoms with Crippen LogP contribution in [-0.4, -0.2) is 24.1 Å². The van der Waals surface area contributed by atoms with Gasteiger partial charge in [0.25, 0.3) is 0 Å². The number of ether oxygens (including phenoxy) is 2. The second-order valence-electron chi connectivity index (χ2n) is 4.75. The molecule has 22 heavy (non-hydrogen) atoms. The van der Waals surface area contributed by atoms with Crippen molar-refractivity contribution in [3.63, 3.8) is 0 Å². The van der Waals surface area contributed by atoms with E-state index in [0.717, 1.165) is 11.6 Å². The van der Waals surface area contributed by atoms with Crippen molar-refractivity contribution in [2.45, 2.75) is 13.8 Å². The lowest BCUT2D eigenvalue weighted by Crippen LogP contribution is -2.34. The van der Waals surface area contributed by atoms with Crippen LogP contribution in [-0.2, 0) is 19.1 Å². The summed E-state index contributed by atoms with van der Waals surface area (Å²) in [6.45, 7) is 3.91. The summed E-state index contributed by atoms with van der Waals surface area (Å²) in [5.41, 5.74) is 0.739. The fraction of sp³-hybridized carbons (Fsp3) is 0.235. The van der Waals surface area contributed by atoms with E-state index in [2.05, 4.69) is 0 Å². The number of ketones is 2. The van der Waals surface area contributed by atoms with E-state index in [0.29, 0.717) is 12.4 Å². The first-order valence-electron chi connectivity index (χ1n) is 6.90. The van der Waals surface area contributed by atoms with Gasteiger partial charge >= 0.3 is 5.97 Å². The van der Waals surface area contributed by atoms with Crippen molar-refractivity contribution >= 4 is 23.6 Å². The van der Waals surface area contributed by atoms with Gasteiger partial charge in [0, 0.05) is 6.08 Å². The number of cyclic esters (lactones) is 1. The third kappa shape index (κ3) is 3.69. The average Bonchev–Trinajstić information content (AvgIpc) is 2.45. The van der Waals surface area contributed by atoms with Gasteiger partial charge in [0.2, 0.25) is 0 Å². The lowest BCUT2D eigenvalue weighted by atomic mass is 9.96. The first-order chi connectivity index (χ1) is 10.5. The van der Waals surface area contributed by atoms with Crippen LogP contribution in [0.15, 0.2) is 42.2 Å². The molecule has 0 saturated heterocycles. The van der Waals surface area contributed by atoms with E-state index in [1.807, 2.05) is 6.92 Å². The minimum absolute atomic E-state index is 0.201. The van der Waals surface area contributed by atoms with E-state index in [1.165, 1.54) is 19.1 Å². The number of hydrogen-bond donors (Lipinski definition) is 0. The van der Waals surface area contributed by atoms with Crippen molar-refractivity contribution in [3.8, 4) is 5.75 Å². The van der Waals surface area contributed by atoms with Crippen molar-refractivity contribution in [1.82, 2.24) is 0 Å². The summed E-state index contributed by atoms with van der Waals surface area (Å²) < 4.78 is 10.2. The highest BCUT2D eigenvalue weighted by Gasteiger charge is 2.36. The molecule has 2 rings (SSSR count). The van der Waals surface area contributed by atoms with Gasteiger partial charge in [-0.25, -0.2) is 0 Å². The summed E-state index contributed by atoms with van der Waals surface area (Å²) in [4.78, 5) is 35.4. The zero-order chi connectivity index (χ0) is 16.1. The van der Waals surface area contributed by atoms with Crippen molar-refractivity contribution in [1.29, 1.82) is 0 Å². The fourth-order valence-electron chi connectivity index (χ4n) is 2.05. The Morgan fingerprint density at radius 2 is 2.14 bits per heavy atom. The van der Waals surface area contributed by atoms with Gasteiger partial charge in [-0.05, 0) is 37.6 Å². The van der Waals surface area contributed by atoms with Crippen molar-refractivity contribution in [2.24, 2.45) is 5.92 Å². The Morgan fingerprint density at radius 3 is 2.82 bits per heavy atom. The minimum atomic E-state index is -1.41. The van der Waals surface area contributed by atoms with Crippen molar-refractivity contribution in [2.75, 3.05) is 6.61 Å². The molecule has 0 N–H and O–H groups in total. The lowest BCUT2D eigenvalue weighted by Gasteiger charge is -2.15. The Labute approximate surface area is 128 Å². The number of carbonyl (C=O) groups excluding carboxylic acids is 3. The Balaban J connectivity index is 2.13. The van der Waals surface area contributed by atoms with Gasteiger partial charge in [0.1, 0.15) is 11.5 Å². The molecule has 1 atom stereocenters. The van der Waals surface area contributed by atoms with Gasteiger partial charge < -0.3 is 9.47 Å². The zero-order valence-corrected chi connectivity index (χ0v) is 12.4. The third-order valence-corrected chi connectivity index (χ3v) is 3.02. The highest BCUT2D eigenvalue weighted by Crippen LogP contribution is 2.18. The number of hydrogen-bond acceptors (Lipinski definition) is 5. The molecule has 0 saturated carbocycles. The molecule has 0 fully saturated rings. The van der Waals surface area contributed by atoms with Crippen molar-refractivity contribution < 1.29 is 23.9 Å². The van der Waals surface area contributed by atoms with E-state index >= 15 is 0 Å². The molecule has 0 radical (unpaired) electrons. The predicted octanol–water partition coefficient (Wildman–Crippen LogP) is 2.31. The normalized spacial score (nSPS) is 18.1. The number of esters is 1. The number of benzene rings is 1. The molecule has 0 aromatic heterocycles. The molecule has 5 nitrogen and oxygen atoms in total. The molecular formula is C17H16O5. The second-order valence-corrected chi connectivity index (χ2v) is 4.75. The summed E-state index contributed by atoms with van der Waals surface area (Å²) in [5.74, 6) is -2.50. The summed E-state index contributed by atoms with van der Waals surface area (Å²) in [6, 6.07) is 7.15. The Morgan fingerprint density at radius 1 is 1.36 bits per heavy atom. The molecule has 1 aromatic carbocycles. The summed E-state index contributed by atoms with van der Waals surface area (Å²) in [5, 5.41) is 0. The quantitative estimate of drug-likeness (QED) is 0.474. The molecule has 1 heterocycles. The number of carbonyl (C=O) groups is 3. The largest absolute Gasteiger partial charge is 0.494 e. The van der Waals surface area contributed by atoms with Gasteiger partial charge in [-0.15, -0.1) is 0 Å². The fourth-order valence-corrected chi connectivity index (χ4v) is 2.05. The molecule has 1 aliphatic rings. The molecular weight excluding hydrogens is 284 g/mol. The summed E-state index contributed by atoms with van der Waals surface area (Å²) >= 11 is 0. The maximum Gasteiger partial charge on any atom is 0.329 e. The van der Waals surface area contributed by atoms with E-state index in [1.54, 1.807) is 24.3 Å². The molecule has 1 aromatic rings. The average molecular weight is 300 g/mol. The lowest BCUT2D eigenvalue weighted by molar-refractivity contribution is -0.151. The standard InChI is InChI=1S/C17H16O5/c1-3-21-13-6-4-5-12(10-13)7-8-14(18)16-15(19)9-11(2)22-17(16)20/h4-10,16H,3H2,1-2H3/b8-7-/t16-/m0/s1. The van der Waals surface area contributed by atoms with Gasteiger partial charge in [-0.2, -0.15) is 0 Å². The van der Waals surface area contributed by atoms with E-state index in [-0.39, 0.29) is 5.76 Å². The van der Waals surface area contributed by atoms with Gasteiger partial charge in [0.05, 0.1) is 6.61 Å². The first-order valence-corrected chi connectivity index (χ1v) is 6.90. The first kappa shape index (κ1) is 15.7. The minimum Gasteiger partial charge on any atom is -0.494 e. The van der Waals surface area contributed by atoms with Crippen LogP contribution in [0.4, 0.5) is 0 Å². The monoisotopic (exact) mass is 300 g/mol. The molecule has 0 amide bonds. The van der Waals surface area contributed by atoms with Crippen LogP contribution in [0, 0.1) is 5.92 Å². The Kier molecular flexibility index (Phi) is 4.88. The zero-order valence-electron chi connectivity index (χ0n) is 12.4. The van der Waals surface area contributed by atoms with Crippen LogP contribution in [0.2, 0.25) is 0 Å². The third-order valence-electron chi connectivity index (χ3n) is 3.02. The van der Waals surface area contributed by atoms with Crippen LogP contribution < -0.4 is 4.74 Å². The van der Waals surface area contributed by atoms with Crippen molar-refractivity contribution in [3.05, 3.63) is 47.7 Å². The summed E-state index contributed by atoms with van der Waals surface area (Å²) in [6.07, 6.45) is 3.91. The molecule has 0 aliphatic carbocycles. The predicted molar refractivity (Wildman–Crippen MR) is 80.0 cm³/mol. The van der Waals surface area contributed by atoms with Crippen LogP contribution in [0.25, 0.3) is 6.08 Å². The highest BCUT2D eigenvalue weighted by atomic mass is 16.5. The molecule has 5 heteroatoms. The van der Waals surface area contributed by atoms with Crippen LogP contribution in [0.3, 0.4) is 0 Å². The molecule has 114 valence electrons. The number of allylic oxidation sites excluding steroid dienone is 3. The maximum absolute atomic E-state index is 12.0. The van der Waals surface area contributed by atoms with Gasteiger partial charge in [-0.1, -0.05) is 18.2 Å². The Bertz CT molecular complexity index is 669. The Hall–Kier alpha value is -2.69. The van der Waals surface area contributed by atoms with Gasteiger partial charge in [-0.3, -0.25) is 14.4 Å². The topological polar surface area (TPSA) is 69.7 Å². The summed E-state index contributed by atoms with van der Waals surface area (Å²) in [7, 11) is 0. The van der Waals surface area contributed by atoms with Crippen LogP contribution >= 0.6 is 0 Å².